The lowest BCUT2D eigenvalue weighted by Gasteiger charge is -2.30. The van der Waals surface area contributed by atoms with Crippen LogP contribution in [0.3, 0.4) is 0 Å². The Kier molecular flexibility index (Phi) is 4.10. The maximum absolute atomic E-state index is 12.2. The van der Waals surface area contributed by atoms with Crippen LogP contribution in [-0.2, 0) is 16.1 Å². The predicted molar refractivity (Wildman–Crippen MR) is 63.6 cm³/mol. The first-order chi connectivity index (χ1) is 9.08. The standard InChI is InChI=1S/C11H16N4O4/c1-14(8-2-4-19-5-3-8)11(18)9-6-15(13-12-9)7-10(16)17/h6,8H,2-5,7H2,1H3,(H,16,17). The quantitative estimate of drug-likeness (QED) is 0.799. The van der Waals surface area contributed by atoms with Gasteiger partial charge in [0.25, 0.3) is 5.91 Å². The second kappa shape index (κ2) is 5.79. The third kappa shape index (κ3) is 3.28. The van der Waals surface area contributed by atoms with Crippen molar-refractivity contribution >= 4 is 11.9 Å². The number of carbonyl (C=O) groups excluding carboxylic acids is 1. The maximum atomic E-state index is 12.2. The van der Waals surface area contributed by atoms with Gasteiger partial charge in [-0.05, 0) is 12.8 Å². The predicted octanol–water partition coefficient (Wildman–Crippen LogP) is -0.386. The smallest absolute Gasteiger partial charge is 0.325 e. The van der Waals surface area contributed by atoms with Gasteiger partial charge in [-0.1, -0.05) is 5.21 Å². The number of aliphatic carboxylic acids is 1. The summed E-state index contributed by atoms with van der Waals surface area (Å²) in [7, 11) is 1.72. The molecule has 0 aliphatic carbocycles. The molecule has 1 aromatic rings. The molecule has 104 valence electrons. The highest BCUT2D eigenvalue weighted by molar-refractivity contribution is 5.92. The van der Waals surface area contributed by atoms with Crippen molar-refractivity contribution in [1.82, 2.24) is 19.9 Å². The van der Waals surface area contributed by atoms with E-state index in [0.717, 1.165) is 17.5 Å². The van der Waals surface area contributed by atoms with E-state index in [1.807, 2.05) is 0 Å². The van der Waals surface area contributed by atoms with Crippen LogP contribution in [0, 0.1) is 0 Å². The second-order valence-corrected chi connectivity index (χ2v) is 4.45. The van der Waals surface area contributed by atoms with E-state index in [2.05, 4.69) is 10.3 Å². The lowest BCUT2D eigenvalue weighted by Crippen LogP contribution is -2.40. The van der Waals surface area contributed by atoms with E-state index in [9.17, 15) is 9.59 Å². The fraction of sp³-hybridized carbons (Fsp3) is 0.636. The van der Waals surface area contributed by atoms with Crippen molar-refractivity contribution < 1.29 is 19.4 Å². The first kappa shape index (κ1) is 13.5. The van der Waals surface area contributed by atoms with Crippen molar-refractivity contribution in [2.24, 2.45) is 0 Å². The highest BCUT2D eigenvalue weighted by Gasteiger charge is 2.25. The van der Waals surface area contributed by atoms with Gasteiger partial charge in [0.05, 0.1) is 6.20 Å². The van der Waals surface area contributed by atoms with Gasteiger partial charge in [0.1, 0.15) is 6.54 Å². The largest absolute Gasteiger partial charge is 0.480 e. The Labute approximate surface area is 109 Å². The molecule has 1 N–H and O–H groups in total. The van der Waals surface area contributed by atoms with E-state index in [-0.39, 0.29) is 24.2 Å². The molecule has 0 atom stereocenters. The lowest BCUT2D eigenvalue weighted by atomic mass is 10.1. The van der Waals surface area contributed by atoms with Gasteiger partial charge in [0, 0.05) is 26.3 Å². The van der Waals surface area contributed by atoms with E-state index in [1.165, 1.54) is 6.20 Å². The maximum Gasteiger partial charge on any atom is 0.325 e. The normalized spacial score (nSPS) is 16.3. The minimum absolute atomic E-state index is 0.130. The number of carboxylic acid groups (broad SMARTS) is 1. The summed E-state index contributed by atoms with van der Waals surface area (Å²) in [6.07, 6.45) is 2.95. The van der Waals surface area contributed by atoms with Crippen molar-refractivity contribution in [3.8, 4) is 0 Å². The van der Waals surface area contributed by atoms with Crippen LogP contribution in [0.15, 0.2) is 6.20 Å². The molecule has 0 aromatic carbocycles. The molecule has 1 aromatic heterocycles. The zero-order chi connectivity index (χ0) is 13.8. The zero-order valence-electron chi connectivity index (χ0n) is 10.7. The van der Waals surface area contributed by atoms with Gasteiger partial charge in [-0.25, -0.2) is 4.68 Å². The molecule has 8 heteroatoms. The summed E-state index contributed by atoms with van der Waals surface area (Å²) in [6.45, 7) is 0.989. The van der Waals surface area contributed by atoms with Crippen LogP contribution in [0.5, 0.6) is 0 Å². The lowest BCUT2D eigenvalue weighted by molar-refractivity contribution is -0.137. The van der Waals surface area contributed by atoms with Gasteiger partial charge in [-0.15, -0.1) is 5.10 Å². The van der Waals surface area contributed by atoms with Crippen molar-refractivity contribution in [3.05, 3.63) is 11.9 Å². The molecule has 0 radical (unpaired) electrons. The van der Waals surface area contributed by atoms with E-state index in [4.69, 9.17) is 9.84 Å². The van der Waals surface area contributed by atoms with Crippen LogP contribution in [-0.4, -0.2) is 63.2 Å². The Bertz CT molecular complexity index is 467. The molecule has 0 saturated carbocycles. The number of aromatic nitrogens is 3. The summed E-state index contributed by atoms with van der Waals surface area (Å²) in [5, 5.41) is 16.0. The Morgan fingerprint density at radius 2 is 2.21 bits per heavy atom. The van der Waals surface area contributed by atoms with Gasteiger partial charge in [0.2, 0.25) is 0 Å². The number of hydrogen-bond donors (Lipinski definition) is 1. The number of ether oxygens (including phenoxy) is 1. The van der Waals surface area contributed by atoms with Crippen LogP contribution in [0.25, 0.3) is 0 Å². The van der Waals surface area contributed by atoms with Gasteiger partial charge in [0.15, 0.2) is 5.69 Å². The van der Waals surface area contributed by atoms with Crippen LogP contribution >= 0.6 is 0 Å². The van der Waals surface area contributed by atoms with E-state index in [1.54, 1.807) is 11.9 Å². The minimum Gasteiger partial charge on any atom is -0.480 e. The Balaban J connectivity index is 2.01. The van der Waals surface area contributed by atoms with Gasteiger partial charge >= 0.3 is 5.97 Å². The van der Waals surface area contributed by atoms with E-state index in [0.29, 0.717) is 13.2 Å². The highest BCUT2D eigenvalue weighted by atomic mass is 16.5. The van der Waals surface area contributed by atoms with Crippen molar-refractivity contribution in [2.45, 2.75) is 25.4 Å². The number of carboxylic acids is 1. The van der Waals surface area contributed by atoms with Gasteiger partial charge in [-0.2, -0.15) is 0 Å². The molecule has 1 fully saturated rings. The molecule has 1 aliphatic heterocycles. The van der Waals surface area contributed by atoms with Gasteiger partial charge < -0.3 is 14.7 Å². The third-order valence-corrected chi connectivity index (χ3v) is 3.11. The topological polar surface area (TPSA) is 97.6 Å². The van der Waals surface area contributed by atoms with Crippen molar-refractivity contribution in [2.75, 3.05) is 20.3 Å². The zero-order valence-corrected chi connectivity index (χ0v) is 10.7. The molecule has 1 aliphatic rings. The van der Waals surface area contributed by atoms with Crippen molar-refractivity contribution in [1.29, 1.82) is 0 Å². The SMILES string of the molecule is CN(C(=O)c1cn(CC(=O)O)nn1)C1CCOCC1. The molecular formula is C11H16N4O4. The summed E-state index contributed by atoms with van der Waals surface area (Å²) in [5.41, 5.74) is 0.162. The minimum atomic E-state index is -1.03. The molecule has 0 spiro atoms. The summed E-state index contributed by atoms with van der Waals surface area (Å²) in [5.74, 6) is -1.27. The number of carbonyl (C=O) groups is 2. The Morgan fingerprint density at radius 1 is 1.53 bits per heavy atom. The third-order valence-electron chi connectivity index (χ3n) is 3.11. The molecule has 1 amide bonds. The van der Waals surface area contributed by atoms with Crippen LogP contribution in [0.2, 0.25) is 0 Å². The molecule has 1 saturated heterocycles. The number of rotatable bonds is 4. The summed E-state index contributed by atoms with van der Waals surface area (Å²) in [6, 6.07) is 0.130. The first-order valence-electron chi connectivity index (χ1n) is 6.04. The summed E-state index contributed by atoms with van der Waals surface area (Å²) < 4.78 is 6.38. The summed E-state index contributed by atoms with van der Waals surface area (Å²) >= 11 is 0. The van der Waals surface area contributed by atoms with E-state index >= 15 is 0 Å². The van der Waals surface area contributed by atoms with Gasteiger partial charge in [-0.3, -0.25) is 9.59 Å². The molecule has 2 heterocycles. The van der Waals surface area contributed by atoms with E-state index < -0.39 is 5.97 Å². The fourth-order valence-corrected chi connectivity index (χ4v) is 2.03. The fourth-order valence-electron chi connectivity index (χ4n) is 2.03. The molecule has 2 rings (SSSR count). The molecular weight excluding hydrogens is 252 g/mol. The molecule has 8 nitrogen and oxygen atoms in total. The molecule has 0 unspecified atom stereocenters. The van der Waals surface area contributed by atoms with Crippen LogP contribution < -0.4 is 0 Å². The highest BCUT2D eigenvalue weighted by Crippen LogP contribution is 2.14. The van der Waals surface area contributed by atoms with Crippen molar-refractivity contribution in [3.63, 3.8) is 0 Å². The average Bonchev–Trinajstić information content (AvgIpc) is 2.85. The molecule has 0 bridgehead atoms. The first-order valence-corrected chi connectivity index (χ1v) is 6.04. The summed E-state index contributed by atoms with van der Waals surface area (Å²) in [4.78, 5) is 24.3. The molecule has 19 heavy (non-hydrogen) atoms. The second-order valence-electron chi connectivity index (χ2n) is 4.45. The number of amides is 1. The van der Waals surface area contributed by atoms with Crippen LogP contribution in [0.4, 0.5) is 0 Å². The number of nitrogens with zero attached hydrogens (tertiary/aromatic N) is 4. The Morgan fingerprint density at radius 3 is 2.84 bits per heavy atom. The number of hydrogen-bond acceptors (Lipinski definition) is 5. The van der Waals surface area contributed by atoms with Crippen LogP contribution in [0.1, 0.15) is 23.3 Å². The average molecular weight is 268 g/mol. The monoisotopic (exact) mass is 268 g/mol. The Hall–Kier alpha value is -1.96.